The lowest BCUT2D eigenvalue weighted by atomic mass is 9.96. The van der Waals surface area contributed by atoms with Gasteiger partial charge in [0.05, 0.1) is 6.61 Å². The lowest BCUT2D eigenvalue weighted by molar-refractivity contribution is -0.105. The quantitative estimate of drug-likeness (QED) is 0.523. The monoisotopic (exact) mass is 421 g/mol. The predicted molar refractivity (Wildman–Crippen MR) is 120 cm³/mol. The molecule has 162 valence electrons. The molecule has 0 bridgehead atoms. The molecule has 1 unspecified atom stereocenters. The van der Waals surface area contributed by atoms with Gasteiger partial charge in [0, 0.05) is 18.1 Å². The van der Waals surface area contributed by atoms with Gasteiger partial charge in [0.25, 0.3) is 0 Å². The van der Waals surface area contributed by atoms with Gasteiger partial charge in [0.15, 0.2) is 6.29 Å². The Bertz CT molecular complexity index is 987. The molecule has 0 amide bonds. The summed E-state index contributed by atoms with van der Waals surface area (Å²) in [5, 5.41) is 0. The van der Waals surface area contributed by atoms with Crippen molar-refractivity contribution >= 4 is 0 Å². The third kappa shape index (κ3) is 5.63. The molecule has 4 rings (SSSR count). The lowest BCUT2D eigenvalue weighted by Crippen LogP contribution is -2.25. The summed E-state index contributed by atoms with van der Waals surface area (Å²) in [4.78, 5) is 0. The van der Waals surface area contributed by atoms with Crippen molar-refractivity contribution in [1.82, 2.24) is 0 Å². The number of halogens is 1. The maximum Gasteiger partial charge on any atom is 0.199 e. The van der Waals surface area contributed by atoms with E-state index in [1.165, 1.54) is 12.1 Å². The number of rotatable bonds is 8. The van der Waals surface area contributed by atoms with E-state index >= 15 is 0 Å². The van der Waals surface area contributed by atoms with Crippen LogP contribution < -0.4 is 15.2 Å². The van der Waals surface area contributed by atoms with Crippen molar-refractivity contribution in [3.8, 4) is 22.6 Å². The Labute approximate surface area is 182 Å². The van der Waals surface area contributed by atoms with E-state index in [0.717, 1.165) is 41.5 Å². The van der Waals surface area contributed by atoms with Crippen LogP contribution in [0, 0.1) is 5.82 Å². The van der Waals surface area contributed by atoms with Crippen molar-refractivity contribution in [2.45, 2.75) is 38.6 Å². The Morgan fingerprint density at radius 2 is 1.87 bits per heavy atom. The first-order valence-corrected chi connectivity index (χ1v) is 10.8. The average molecular weight is 422 g/mol. The zero-order valence-corrected chi connectivity index (χ0v) is 17.6. The Morgan fingerprint density at radius 1 is 1.00 bits per heavy atom. The van der Waals surface area contributed by atoms with Gasteiger partial charge in [0.2, 0.25) is 0 Å². The Kier molecular flexibility index (Phi) is 7.18. The molecule has 0 saturated carbocycles. The molecule has 1 atom stereocenters. The van der Waals surface area contributed by atoms with Gasteiger partial charge in [-0.25, -0.2) is 4.39 Å². The summed E-state index contributed by atoms with van der Waals surface area (Å²) in [5.41, 5.74) is 9.56. The molecule has 1 heterocycles. The van der Waals surface area contributed by atoms with Gasteiger partial charge >= 0.3 is 0 Å². The molecule has 2 N–H and O–H groups in total. The molecule has 0 radical (unpaired) electrons. The molecule has 3 aromatic carbocycles. The van der Waals surface area contributed by atoms with Crippen LogP contribution in [0.2, 0.25) is 0 Å². The Hall–Kier alpha value is -2.89. The molecule has 0 aliphatic carbocycles. The summed E-state index contributed by atoms with van der Waals surface area (Å²) < 4.78 is 32.1. The molecule has 1 saturated heterocycles. The molecular weight excluding hydrogens is 393 g/mol. The van der Waals surface area contributed by atoms with Crippen LogP contribution in [0.15, 0.2) is 66.7 Å². The minimum absolute atomic E-state index is 0.281. The summed E-state index contributed by atoms with van der Waals surface area (Å²) in [7, 11) is 0. The number of ether oxygens (including phenoxy) is 3. The van der Waals surface area contributed by atoms with Crippen LogP contribution in [-0.4, -0.2) is 19.4 Å². The second-order valence-electron chi connectivity index (χ2n) is 7.68. The molecule has 1 aliphatic heterocycles. The van der Waals surface area contributed by atoms with E-state index in [9.17, 15) is 4.39 Å². The van der Waals surface area contributed by atoms with Crippen LogP contribution in [0.3, 0.4) is 0 Å². The molecule has 0 spiro atoms. The van der Waals surface area contributed by atoms with E-state index in [1.807, 2.05) is 48.5 Å². The fraction of sp³-hybridized carbons (Fsp3) is 0.308. The van der Waals surface area contributed by atoms with Crippen LogP contribution in [0.25, 0.3) is 11.1 Å². The number of hydrogen-bond donors (Lipinski definition) is 1. The largest absolute Gasteiger partial charge is 0.488 e. The minimum Gasteiger partial charge on any atom is -0.488 e. The molecule has 1 fully saturated rings. The van der Waals surface area contributed by atoms with E-state index < -0.39 is 0 Å². The van der Waals surface area contributed by atoms with E-state index in [2.05, 4.69) is 0 Å². The van der Waals surface area contributed by atoms with Gasteiger partial charge in [-0.05, 0) is 60.7 Å². The van der Waals surface area contributed by atoms with Crippen molar-refractivity contribution in [1.29, 1.82) is 0 Å². The first-order chi connectivity index (χ1) is 15.2. The molecular formula is C26H28FNO3. The van der Waals surface area contributed by atoms with E-state index in [-0.39, 0.29) is 12.1 Å². The standard InChI is InChI=1S/C26H28FNO3/c27-21-10-6-9-20(15-21)24-16-22(31-26-11-4-5-14-29-26)17-25(23(24)12-13-28)30-18-19-7-2-1-3-8-19/h1-3,6-10,15-17,26H,4-5,11-14,18,28H2. The summed E-state index contributed by atoms with van der Waals surface area (Å²) in [6, 6.07) is 20.4. The first-order valence-electron chi connectivity index (χ1n) is 10.8. The molecule has 3 aromatic rings. The third-order valence-electron chi connectivity index (χ3n) is 5.36. The van der Waals surface area contributed by atoms with Gasteiger partial charge in [-0.15, -0.1) is 0 Å². The summed E-state index contributed by atoms with van der Waals surface area (Å²) in [6.45, 7) is 1.57. The van der Waals surface area contributed by atoms with E-state index in [1.54, 1.807) is 6.07 Å². The summed E-state index contributed by atoms with van der Waals surface area (Å²) in [6.07, 6.45) is 3.30. The first kappa shape index (κ1) is 21.3. The highest BCUT2D eigenvalue weighted by Crippen LogP contribution is 2.37. The predicted octanol–water partition coefficient (Wildman–Crippen LogP) is 5.48. The maximum absolute atomic E-state index is 14.0. The van der Waals surface area contributed by atoms with Crippen LogP contribution in [-0.2, 0) is 17.8 Å². The molecule has 5 heteroatoms. The highest BCUT2D eigenvalue weighted by molar-refractivity contribution is 5.72. The van der Waals surface area contributed by atoms with Crippen molar-refractivity contribution in [3.05, 3.63) is 83.7 Å². The number of benzene rings is 3. The Morgan fingerprint density at radius 3 is 2.61 bits per heavy atom. The Balaban J connectivity index is 1.72. The van der Waals surface area contributed by atoms with Gasteiger partial charge in [0.1, 0.15) is 23.9 Å². The van der Waals surface area contributed by atoms with Crippen molar-refractivity contribution < 1.29 is 18.6 Å². The van der Waals surface area contributed by atoms with Crippen LogP contribution in [0.1, 0.15) is 30.4 Å². The van der Waals surface area contributed by atoms with Gasteiger partial charge in [-0.1, -0.05) is 42.5 Å². The number of nitrogens with two attached hydrogens (primary N) is 1. The summed E-state index contributed by atoms with van der Waals surface area (Å²) >= 11 is 0. The normalized spacial score (nSPS) is 16.1. The van der Waals surface area contributed by atoms with Gasteiger partial charge in [-0.3, -0.25) is 0 Å². The lowest BCUT2D eigenvalue weighted by Gasteiger charge is -2.25. The second-order valence-corrected chi connectivity index (χ2v) is 7.68. The van der Waals surface area contributed by atoms with Crippen LogP contribution >= 0.6 is 0 Å². The molecule has 4 nitrogen and oxygen atoms in total. The fourth-order valence-electron chi connectivity index (χ4n) is 3.82. The van der Waals surface area contributed by atoms with Gasteiger partial charge in [-0.2, -0.15) is 0 Å². The zero-order chi connectivity index (χ0) is 21.5. The van der Waals surface area contributed by atoms with E-state index in [0.29, 0.717) is 37.7 Å². The SMILES string of the molecule is NCCc1c(OCc2ccccc2)cc(OC2CCCCO2)cc1-c1cccc(F)c1. The minimum atomic E-state index is -0.287. The average Bonchev–Trinajstić information content (AvgIpc) is 2.80. The molecule has 0 aromatic heterocycles. The smallest absolute Gasteiger partial charge is 0.199 e. The highest BCUT2D eigenvalue weighted by Gasteiger charge is 2.19. The van der Waals surface area contributed by atoms with E-state index in [4.69, 9.17) is 19.9 Å². The topological polar surface area (TPSA) is 53.7 Å². The maximum atomic E-state index is 14.0. The second kappa shape index (κ2) is 10.4. The van der Waals surface area contributed by atoms with Crippen molar-refractivity contribution in [3.63, 3.8) is 0 Å². The zero-order valence-electron chi connectivity index (χ0n) is 17.6. The molecule has 31 heavy (non-hydrogen) atoms. The molecule has 1 aliphatic rings. The third-order valence-corrected chi connectivity index (χ3v) is 5.36. The fourth-order valence-corrected chi connectivity index (χ4v) is 3.82. The van der Waals surface area contributed by atoms with Crippen molar-refractivity contribution in [2.24, 2.45) is 5.73 Å². The van der Waals surface area contributed by atoms with Gasteiger partial charge < -0.3 is 19.9 Å². The highest BCUT2D eigenvalue weighted by atomic mass is 19.1. The van der Waals surface area contributed by atoms with Crippen LogP contribution in [0.5, 0.6) is 11.5 Å². The summed E-state index contributed by atoms with van der Waals surface area (Å²) in [5.74, 6) is 1.06. The van der Waals surface area contributed by atoms with Crippen molar-refractivity contribution in [2.75, 3.05) is 13.2 Å². The number of hydrogen-bond acceptors (Lipinski definition) is 4. The van der Waals surface area contributed by atoms with Crippen LogP contribution in [0.4, 0.5) is 4.39 Å².